The topological polar surface area (TPSA) is 192 Å². The molecule has 0 saturated heterocycles. The van der Waals surface area contributed by atoms with Gasteiger partial charge in [0.1, 0.15) is 41.6 Å². The Morgan fingerprint density at radius 2 is 1.81 bits per heavy atom. The first-order chi connectivity index (χ1) is 23.0. The minimum atomic E-state index is -1.04. The van der Waals surface area contributed by atoms with E-state index in [1.165, 1.54) is 38.4 Å². The van der Waals surface area contributed by atoms with E-state index in [0.29, 0.717) is 61.1 Å². The van der Waals surface area contributed by atoms with Gasteiger partial charge in [-0.15, -0.1) is 0 Å². The van der Waals surface area contributed by atoms with Crippen LogP contribution in [0.15, 0.2) is 42.6 Å². The number of anilines is 2. The molecule has 3 aromatic rings. The number of fused-ring (bicyclic) bond motifs is 6. The summed E-state index contributed by atoms with van der Waals surface area (Å²) in [7, 11) is 1.87. The molecule has 1 aromatic carbocycles. The molecule has 14 nitrogen and oxygen atoms in total. The van der Waals surface area contributed by atoms with Gasteiger partial charge in [0.05, 0.1) is 26.5 Å². The second kappa shape index (κ2) is 21.0. The van der Waals surface area contributed by atoms with E-state index in [9.17, 15) is 32.2 Å². The van der Waals surface area contributed by atoms with Gasteiger partial charge < -0.3 is 35.4 Å². The fraction of sp³-hybridized carbons (Fsp3) is 0.355. The average Bonchev–Trinajstić information content (AvgIpc) is 3.04. The number of amides is 3. The molecule has 0 spiro atoms. The second-order valence-corrected chi connectivity index (χ2v) is 11.2. The van der Waals surface area contributed by atoms with Crippen LogP contribution < -0.4 is 25.8 Å². The van der Waals surface area contributed by atoms with Crippen LogP contribution in [-0.2, 0) is 35.8 Å². The summed E-state index contributed by atoms with van der Waals surface area (Å²) in [5.41, 5.74) is 6.10. The Labute approximate surface area is 278 Å². The van der Waals surface area contributed by atoms with Gasteiger partial charge in [0, 0.05) is 85.3 Å². The minimum absolute atomic E-state index is 0.186. The molecule has 4 rings (SSSR count). The number of nitrogens with two attached hydrogens (primary N) is 1. The van der Waals surface area contributed by atoms with Crippen molar-refractivity contribution in [3.05, 3.63) is 59.8 Å². The minimum Gasteiger partial charge on any atom is -0.493 e. The number of hydroxylamine groups is 2. The molecule has 48 heavy (non-hydrogen) atoms. The molecule has 260 valence electrons. The number of nitrogens with zero attached hydrogens (tertiary/aromatic N) is 3. The van der Waals surface area contributed by atoms with Gasteiger partial charge in [0.15, 0.2) is 0 Å². The summed E-state index contributed by atoms with van der Waals surface area (Å²) in [5, 5.41) is 6.39. The lowest BCUT2D eigenvalue weighted by atomic mass is 10.0. The number of aldehydes is 2. The van der Waals surface area contributed by atoms with Gasteiger partial charge in [-0.05, 0) is 29.8 Å². The first-order valence-corrected chi connectivity index (χ1v) is 16.2. The van der Waals surface area contributed by atoms with E-state index in [1.54, 1.807) is 18.4 Å². The van der Waals surface area contributed by atoms with Gasteiger partial charge in [0.2, 0.25) is 11.8 Å². The number of aromatic nitrogens is 2. The summed E-state index contributed by atoms with van der Waals surface area (Å²) in [4.78, 5) is 53.1. The number of rotatable bonds is 9. The van der Waals surface area contributed by atoms with E-state index in [1.807, 2.05) is 0 Å². The van der Waals surface area contributed by atoms with Gasteiger partial charge >= 0.3 is 6.03 Å². The fourth-order valence-electron chi connectivity index (χ4n) is 3.81. The van der Waals surface area contributed by atoms with E-state index in [4.69, 9.17) is 9.47 Å². The van der Waals surface area contributed by atoms with Gasteiger partial charge in [-0.2, -0.15) is 4.98 Å². The monoisotopic (exact) mass is 692 g/mol. The van der Waals surface area contributed by atoms with E-state index in [0.717, 1.165) is 23.1 Å². The summed E-state index contributed by atoms with van der Waals surface area (Å²) >= 11 is 0. The van der Waals surface area contributed by atoms with Crippen LogP contribution in [0.3, 0.4) is 0 Å². The summed E-state index contributed by atoms with van der Waals surface area (Å²) < 4.78 is 51.4. The lowest BCUT2D eigenvalue weighted by Crippen LogP contribution is -2.30. The number of halogens is 2. The normalized spacial score (nSPS) is 12.2. The summed E-state index contributed by atoms with van der Waals surface area (Å²) in [6.07, 6.45) is 5.43. The Bertz CT molecular complexity index is 1570. The first-order valence-electron chi connectivity index (χ1n) is 14.5. The lowest BCUT2D eigenvalue weighted by molar-refractivity contribution is -0.168. The first kappa shape index (κ1) is 39.1. The largest absolute Gasteiger partial charge is 0.493 e. The highest BCUT2D eigenvalue weighted by atomic mass is 32.2. The predicted molar refractivity (Wildman–Crippen MR) is 174 cm³/mol. The van der Waals surface area contributed by atoms with Crippen LogP contribution in [0.5, 0.6) is 11.6 Å². The zero-order valence-corrected chi connectivity index (χ0v) is 27.5. The number of nitrogens with one attached hydrogen (secondary N) is 2. The third-order valence-corrected chi connectivity index (χ3v) is 6.78. The Morgan fingerprint density at radius 1 is 1.08 bits per heavy atom. The molecular formula is C31H38F2N6O8S. The predicted octanol–water partition coefficient (Wildman–Crippen LogP) is 3.43. The molecule has 1 aliphatic rings. The second-order valence-electron chi connectivity index (χ2n) is 9.81. The maximum Gasteiger partial charge on any atom is 0.312 e. The van der Waals surface area contributed by atoms with Gasteiger partial charge in [-0.1, -0.05) is 0 Å². The highest BCUT2D eigenvalue weighted by molar-refractivity contribution is 7.83. The molecule has 0 aliphatic carbocycles. The van der Waals surface area contributed by atoms with Crippen LogP contribution in [0, 0.1) is 11.6 Å². The number of benzene rings is 1. The molecule has 1 aliphatic heterocycles. The van der Waals surface area contributed by atoms with Gasteiger partial charge in [0.25, 0.3) is 0 Å². The highest BCUT2D eigenvalue weighted by Gasteiger charge is 2.16. The van der Waals surface area contributed by atoms with Crippen molar-refractivity contribution in [2.45, 2.75) is 31.4 Å². The number of pyridine rings is 2. The fourth-order valence-corrected chi connectivity index (χ4v) is 4.45. The zero-order chi connectivity index (χ0) is 35.5. The van der Waals surface area contributed by atoms with Crippen molar-refractivity contribution in [3.63, 3.8) is 0 Å². The molecule has 0 radical (unpaired) electrons. The van der Waals surface area contributed by atoms with Crippen LogP contribution in [-0.4, -0.2) is 83.9 Å². The Hall–Kier alpha value is -5.03. The van der Waals surface area contributed by atoms with Crippen molar-refractivity contribution < 1.29 is 46.5 Å². The third kappa shape index (κ3) is 14.2. The maximum atomic E-state index is 14.6. The SMILES string of the molecule is CON(C)C(=O)CCC=O.CS(=O)Cc1cc2nc(c1)OCCCOc1cc(F)ccc1-c1cc(ncc1F)N2.NC(=O)NCCC=O. The number of ether oxygens (including phenoxy) is 2. The highest BCUT2D eigenvalue weighted by Crippen LogP contribution is 2.34. The van der Waals surface area contributed by atoms with Crippen molar-refractivity contribution >= 4 is 46.9 Å². The van der Waals surface area contributed by atoms with E-state index in [2.05, 4.69) is 31.2 Å². The smallest absolute Gasteiger partial charge is 0.312 e. The van der Waals surface area contributed by atoms with Crippen LogP contribution in [0.25, 0.3) is 11.1 Å². The molecule has 4 bridgehead atoms. The lowest BCUT2D eigenvalue weighted by Gasteiger charge is -2.16. The van der Waals surface area contributed by atoms with Crippen LogP contribution in [0.1, 0.15) is 31.2 Å². The molecule has 17 heteroatoms. The quantitative estimate of drug-likeness (QED) is 0.169. The number of hydrogen-bond acceptors (Lipinski definition) is 11. The van der Waals surface area contributed by atoms with Crippen molar-refractivity contribution in [2.75, 3.05) is 45.5 Å². The molecule has 4 N–H and O–H groups in total. The van der Waals surface area contributed by atoms with Gasteiger partial charge in [-0.3, -0.25) is 13.8 Å². The molecule has 0 fully saturated rings. The maximum absolute atomic E-state index is 14.6. The molecular weight excluding hydrogens is 654 g/mol. The van der Waals surface area contributed by atoms with Crippen molar-refractivity contribution in [2.24, 2.45) is 5.73 Å². The standard InChI is InChI=1S/C21H19F2N3O3S.C6H11NO3.C4H8N2O2/c1-30(27)12-13-7-20-25-19-10-16(17(23)11-24-19)15-4-3-14(22)9-18(15)28-5-2-6-29-21(8-13)26-20;1-7(10-2)6(9)4-3-5-8;5-4(8)6-2-1-3-7/h3-4,7-11H,2,5-6,12H2,1H3,(H,24,25,26);5H,3-4H2,1-2H3;3H,1-2H2,(H3,5,6,8). The zero-order valence-electron chi connectivity index (χ0n) is 26.7. The number of hydrogen-bond donors (Lipinski definition) is 3. The Morgan fingerprint density at radius 3 is 2.48 bits per heavy atom. The van der Waals surface area contributed by atoms with Gasteiger partial charge in [-0.25, -0.2) is 23.6 Å². The number of carbonyl (C=O) groups is 4. The van der Waals surface area contributed by atoms with Crippen LogP contribution in [0.4, 0.5) is 25.2 Å². The molecule has 3 heterocycles. The Balaban J connectivity index is 0.000000367. The summed E-state index contributed by atoms with van der Waals surface area (Å²) in [6, 6.07) is 8.35. The van der Waals surface area contributed by atoms with E-state index in [-0.39, 0.29) is 36.7 Å². The third-order valence-electron chi connectivity index (χ3n) is 6.04. The molecule has 2 aromatic heterocycles. The Kier molecular flexibility index (Phi) is 17.1. The van der Waals surface area contributed by atoms with E-state index < -0.39 is 28.5 Å². The number of urea groups is 1. The number of carbonyl (C=O) groups excluding carboxylic acids is 4. The van der Waals surface area contributed by atoms with E-state index >= 15 is 0 Å². The van der Waals surface area contributed by atoms with Crippen molar-refractivity contribution in [3.8, 4) is 22.8 Å². The number of primary amides is 1. The molecule has 1 unspecified atom stereocenters. The summed E-state index contributed by atoms with van der Waals surface area (Å²) in [5.74, 6) is 0.513. The van der Waals surface area contributed by atoms with Crippen LogP contribution in [0.2, 0.25) is 0 Å². The average molecular weight is 693 g/mol. The molecule has 1 atom stereocenters. The summed E-state index contributed by atoms with van der Waals surface area (Å²) in [6.45, 7) is 0.895. The van der Waals surface area contributed by atoms with Crippen molar-refractivity contribution in [1.82, 2.24) is 20.3 Å². The molecule has 0 saturated carbocycles. The van der Waals surface area contributed by atoms with Crippen molar-refractivity contribution in [1.29, 1.82) is 0 Å². The molecule has 3 amide bonds. The van der Waals surface area contributed by atoms with Crippen LogP contribution >= 0.6 is 0 Å².